The first-order valence-corrected chi connectivity index (χ1v) is 6.61. The van der Waals surface area contributed by atoms with E-state index >= 15 is 0 Å². The number of hydrogen-bond acceptors (Lipinski definition) is 3. The normalized spacial score (nSPS) is 12.8. The zero-order valence-corrected chi connectivity index (χ0v) is 11.7. The summed E-state index contributed by atoms with van der Waals surface area (Å²) in [5.74, 6) is -0.393. The standard InChI is InChI=1S/C14H19F3N2O2/c1-2-11(18)7-10-3-5-12(6-4-10)21-8-13(20)19-9-14(15,16)17/h3-6,11H,2,7-9,18H2,1H3,(H,19,20). The van der Waals surface area contributed by atoms with Gasteiger partial charge in [0.2, 0.25) is 0 Å². The van der Waals surface area contributed by atoms with Gasteiger partial charge >= 0.3 is 6.18 Å². The fourth-order valence-electron chi connectivity index (χ4n) is 1.57. The Morgan fingerprint density at radius 3 is 2.48 bits per heavy atom. The molecule has 0 spiro atoms. The maximum atomic E-state index is 11.9. The lowest BCUT2D eigenvalue weighted by molar-refractivity contribution is -0.139. The Morgan fingerprint density at radius 1 is 1.33 bits per heavy atom. The summed E-state index contributed by atoms with van der Waals surface area (Å²) in [6, 6.07) is 7.05. The number of amides is 1. The van der Waals surface area contributed by atoms with Crippen molar-refractivity contribution in [1.82, 2.24) is 5.32 Å². The van der Waals surface area contributed by atoms with Crippen LogP contribution in [0.25, 0.3) is 0 Å². The summed E-state index contributed by atoms with van der Waals surface area (Å²) in [4.78, 5) is 11.2. The van der Waals surface area contributed by atoms with E-state index in [-0.39, 0.29) is 6.04 Å². The fraction of sp³-hybridized carbons (Fsp3) is 0.500. The topological polar surface area (TPSA) is 64.3 Å². The maximum Gasteiger partial charge on any atom is 0.405 e. The fourth-order valence-corrected chi connectivity index (χ4v) is 1.57. The molecule has 0 heterocycles. The molecule has 7 heteroatoms. The predicted octanol–water partition coefficient (Wildman–Crippen LogP) is 2.02. The van der Waals surface area contributed by atoms with Crippen molar-refractivity contribution in [2.45, 2.75) is 32.0 Å². The number of rotatable bonds is 7. The van der Waals surface area contributed by atoms with Crippen molar-refractivity contribution in [2.24, 2.45) is 5.73 Å². The molecular weight excluding hydrogens is 285 g/mol. The molecule has 1 unspecified atom stereocenters. The van der Waals surface area contributed by atoms with E-state index in [0.717, 1.165) is 18.4 Å². The van der Waals surface area contributed by atoms with E-state index in [9.17, 15) is 18.0 Å². The van der Waals surface area contributed by atoms with Gasteiger partial charge in [0, 0.05) is 6.04 Å². The zero-order chi connectivity index (χ0) is 15.9. The molecular formula is C14H19F3N2O2. The monoisotopic (exact) mass is 304 g/mol. The molecule has 0 bridgehead atoms. The summed E-state index contributed by atoms with van der Waals surface area (Å²) in [6.45, 7) is 0.189. The lowest BCUT2D eigenvalue weighted by Crippen LogP contribution is -2.36. The van der Waals surface area contributed by atoms with E-state index in [2.05, 4.69) is 0 Å². The molecule has 0 saturated heterocycles. The van der Waals surface area contributed by atoms with E-state index in [4.69, 9.17) is 10.5 Å². The van der Waals surface area contributed by atoms with E-state index in [1.165, 1.54) is 0 Å². The number of benzene rings is 1. The number of ether oxygens (including phenoxy) is 1. The van der Waals surface area contributed by atoms with Crippen molar-refractivity contribution in [3.63, 3.8) is 0 Å². The first-order chi connectivity index (χ1) is 9.80. The van der Waals surface area contributed by atoms with Gasteiger partial charge < -0.3 is 15.8 Å². The van der Waals surface area contributed by atoms with Crippen molar-refractivity contribution in [1.29, 1.82) is 0 Å². The molecule has 0 aliphatic carbocycles. The molecule has 0 radical (unpaired) electrons. The first-order valence-electron chi connectivity index (χ1n) is 6.61. The van der Waals surface area contributed by atoms with E-state index in [0.29, 0.717) is 5.75 Å². The third-order valence-electron chi connectivity index (χ3n) is 2.80. The van der Waals surface area contributed by atoms with Crippen LogP contribution in [-0.4, -0.2) is 31.3 Å². The van der Waals surface area contributed by atoms with Crippen molar-refractivity contribution in [3.8, 4) is 5.75 Å². The quantitative estimate of drug-likeness (QED) is 0.810. The zero-order valence-electron chi connectivity index (χ0n) is 11.7. The van der Waals surface area contributed by atoms with Gasteiger partial charge in [-0.1, -0.05) is 19.1 Å². The number of nitrogens with one attached hydrogen (secondary N) is 1. The first kappa shape index (κ1) is 17.3. The maximum absolute atomic E-state index is 11.9. The van der Waals surface area contributed by atoms with Gasteiger partial charge in [-0.25, -0.2) is 0 Å². The second kappa shape index (κ2) is 7.87. The van der Waals surface area contributed by atoms with Gasteiger partial charge in [0.15, 0.2) is 6.61 Å². The molecule has 0 aliphatic rings. The third-order valence-corrected chi connectivity index (χ3v) is 2.80. The van der Waals surface area contributed by atoms with Crippen LogP contribution >= 0.6 is 0 Å². The second-order valence-corrected chi connectivity index (χ2v) is 4.70. The average Bonchev–Trinajstić information content (AvgIpc) is 2.43. The number of nitrogens with two attached hydrogens (primary N) is 1. The van der Waals surface area contributed by atoms with Gasteiger partial charge in [-0.2, -0.15) is 13.2 Å². The Balaban J connectivity index is 2.37. The molecule has 3 N–H and O–H groups in total. The molecule has 0 aliphatic heterocycles. The number of halogens is 3. The molecule has 1 aromatic carbocycles. The van der Waals surface area contributed by atoms with E-state index < -0.39 is 25.2 Å². The average molecular weight is 304 g/mol. The van der Waals surface area contributed by atoms with Crippen LogP contribution in [0.15, 0.2) is 24.3 Å². The summed E-state index contributed by atoms with van der Waals surface area (Å²) < 4.78 is 40.8. The van der Waals surface area contributed by atoms with Gasteiger partial charge in [-0.15, -0.1) is 0 Å². The summed E-state index contributed by atoms with van der Waals surface area (Å²) in [5, 5.41) is 1.73. The molecule has 0 saturated carbocycles. The minimum atomic E-state index is -4.42. The second-order valence-electron chi connectivity index (χ2n) is 4.70. The van der Waals surface area contributed by atoms with Crippen LogP contribution in [-0.2, 0) is 11.2 Å². The Morgan fingerprint density at radius 2 is 1.95 bits per heavy atom. The largest absolute Gasteiger partial charge is 0.484 e. The Labute approximate surface area is 121 Å². The molecule has 0 fully saturated rings. The Bertz CT molecular complexity index is 447. The van der Waals surface area contributed by atoms with Crippen LogP contribution in [0.2, 0.25) is 0 Å². The van der Waals surface area contributed by atoms with Gasteiger partial charge in [0.25, 0.3) is 5.91 Å². The van der Waals surface area contributed by atoms with Gasteiger partial charge in [-0.3, -0.25) is 4.79 Å². The smallest absolute Gasteiger partial charge is 0.405 e. The van der Waals surface area contributed by atoms with Crippen LogP contribution < -0.4 is 15.8 Å². The highest BCUT2D eigenvalue weighted by molar-refractivity contribution is 5.77. The number of hydrogen-bond donors (Lipinski definition) is 2. The van der Waals surface area contributed by atoms with Gasteiger partial charge in [-0.05, 0) is 30.5 Å². The summed E-state index contributed by atoms with van der Waals surface area (Å²) in [7, 11) is 0. The molecule has 1 aromatic rings. The predicted molar refractivity (Wildman–Crippen MR) is 73.0 cm³/mol. The van der Waals surface area contributed by atoms with Crippen LogP contribution in [0.5, 0.6) is 5.75 Å². The molecule has 0 aromatic heterocycles. The van der Waals surface area contributed by atoms with E-state index in [1.54, 1.807) is 17.4 Å². The molecule has 21 heavy (non-hydrogen) atoms. The van der Waals surface area contributed by atoms with Crippen LogP contribution in [0.3, 0.4) is 0 Å². The summed E-state index contributed by atoms with van der Waals surface area (Å²) in [6.07, 6.45) is -2.81. The van der Waals surface area contributed by atoms with Crippen LogP contribution in [0, 0.1) is 0 Å². The Hall–Kier alpha value is -1.76. The Kier molecular flexibility index (Phi) is 6.48. The minimum Gasteiger partial charge on any atom is -0.484 e. The highest BCUT2D eigenvalue weighted by Gasteiger charge is 2.27. The van der Waals surface area contributed by atoms with E-state index in [1.807, 2.05) is 19.1 Å². The number of carbonyl (C=O) groups excluding carboxylic acids is 1. The highest BCUT2D eigenvalue weighted by Crippen LogP contribution is 2.14. The minimum absolute atomic E-state index is 0.0879. The highest BCUT2D eigenvalue weighted by atomic mass is 19.4. The molecule has 1 amide bonds. The van der Waals surface area contributed by atoms with Crippen LogP contribution in [0.1, 0.15) is 18.9 Å². The SMILES string of the molecule is CCC(N)Cc1ccc(OCC(=O)NCC(F)(F)F)cc1. The third kappa shape index (κ3) is 7.55. The van der Waals surface area contributed by atoms with Gasteiger partial charge in [0.05, 0.1) is 0 Å². The molecule has 4 nitrogen and oxygen atoms in total. The van der Waals surface area contributed by atoms with Crippen LogP contribution in [0.4, 0.5) is 13.2 Å². The van der Waals surface area contributed by atoms with Crippen molar-refractivity contribution < 1.29 is 22.7 Å². The van der Waals surface area contributed by atoms with Crippen molar-refractivity contribution in [2.75, 3.05) is 13.2 Å². The summed E-state index contributed by atoms with van der Waals surface area (Å²) >= 11 is 0. The molecule has 1 rings (SSSR count). The lowest BCUT2D eigenvalue weighted by atomic mass is 10.0. The summed E-state index contributed by atoms with van der Waals surface area (Å²) in [5.41, 5.74) is 6.87. The van der Waals surface area contributed by atoms with Crippen molar-refractivity contribution in [3.05, 3.63) is 29.8 Å². The number of carbonyl (C=O) groups is 1. The number of alkyl halides is 3. The molecule has 118 valence electrons. The van der Waals surface area contributed by atoms with Crippen molar-refractivity contribution >= 4 is 5.91 Å². The lowest BCUT2D eigenvalue weighted by Gasteiger charge is -2.11. The molecule has 1 atom stereocenters. The van der Waals surface area contributed by atoms with Gasteiger partial charge in [0.1, 0.15) is 12.3 Å².